The number of hydrogen-bond acceptors (Lipinski definition) is 4. The Kier molecular flexibility index (Phi) is 3.66. The van der Waals surface area contributed by atoms with Crippen molar-refractivity contribution in [3.8, 4) is 0 Å². The van der Waals surface area contributed by atoms with E-state index in [9.17, 15) is 4.21 Å². The minimum atomic E-state index is -0.599. The van der Waals surface area contributed by atoms with Crippen molar-refractivity contribution >= 4 is 22.6 Å². The lowest BCUT2D eigenvalue weighted by atomic mass is 10.2. The van der Waals surface area contributed by atoms with Crippen molar-refractivity contribution in [3.63, 3.8) is 0 Å². The predicted molar refractivity (Wildman–Crippen MR) is 58.8 cm³/mol. The van der Waals surface area contributed by atoms with Crippen LogP contribution in [-0.4, -0.2) is 52.4 Å². The molecule has 0 spiro atoms. The van der Waals surface area contributed by atoms with Gasteiger partial charge in [0.2, 0.25) is 0 Å². The van der Waals surface area contributed by atoms with Crippen LogP contribution in [0.25, 0.3) is 0 Å². The molecule has 3 nitrogen and oxygen atoms in total. The Morgan fingerprint density at radius 2 is 2.08 bits per heavy atom. The zero-order valence-electron chi connectivity index (χ0n) is 7.62. The summed E-state index contributed by atoms with van der Waals surface area (Å²) in [4.78, 5) is 0. The van der Waals surface area contributed by atoms with Crippen LogP contribution < -0.4 is 10.6 Å². The summed E-state index contributed by atoms with van der Waals surface area (Å²) in [6, 6.07) is 0. The number of rotatable bonds is 1. The summed E-state index contributed by atoms with van der Waals surface area (Å²) in [5, 5.41) is 7.62. The second-order valence-corrected chi connectivity index (χ2v) is 6.56. The van der Waals surface area contributed by atoms with Crippen LogP contribution in [0.4, 0.5) is 0 Å². The van der Waals surface area contributed by atoms with E-state index in [2.05, 4.69) is 10.6 Å². The first-order chi connectivity index (χ1) is 6.38. The van der Waals surface area contributed by atoms with Crippen LogP contribution in [0.3, 0.4) is 0 Å². The van der Waals surface area contributed by atoms with Crippen molar-refractivity contribution in [1.82, 2.24) is 10.6 Å². The zero-order valence-corrected chi connectivity index (χ0v) is 9.26. The highest BCUT2D eigenvalue weighted by atomic mass is 32.2. The molecule has 5 heteroatoms. The maximum absolute atomic E-state index is 11.7. The van der Waals surface area contributed by atoms with E-state index in [1.807, 2.05) is 11.8 Å². The normalized spacial score (nSPS) is 41.7. The Morgan fingerprint density at radius 3 is 2.77 bits per heavy atom. The topological polar surface area (TPSA) is 41.1 Å². The fraction of sp³-hybridized carbons (Fsp3) is 1.00. The Balaban J connectivity index is 1.92. The van der Waals surface area contributed by atoms with Crippen LogP contribution in [0.15, 0.2) is 0 Å². The highest BCUT2D eigenvalue weighted by molar-refractivity contribution is 8.01. The molecule has 0 aromatic rings. The van der Waals surface area contributed by atoms with Gasteiger partial charge in [-0.15, -0.1) is 0 Å². The predicted octanol–water partition coefficient (Wildman–Crippen LogP) is -0.588. The van der Waals surface area contributed by atoms with E-state index < -0.39 is 10.8 Å². The first-order valence-electron chi connectivity index (χ1n) is 4.78. The molecule has 2 aliphatic rings. The molecular weight excluding hydrogens is 204 g/mol. The first-order valence-corrected chi connectivity index (χ1v) is 7.21. The molecule has 2 saturated heterocycles. The van der Waals surface area contributed by atoms with Crippen molar-refractivity contribution in [2.45, 2.75) is 10.5 Å². The summed E-state index contributed by atoms with van der Waals surface area (Å²) in [7, 11) is -0.599. The lowest BCUT2D eigenvalue weighted by Gasteiger charge is -2.32. The Bertz CT molecular complexity index is 195. The average molecular weight is 220 g/mol. The van der Waals surface area contributed by atoms with Gasteiger partial charge in [0.1, 0.15) is 0 Å². The van der Waals surface area contributed by atoms with E-state index in [-0.39, 0.29) is 0 Å². The first kappa shape index (κ1) is 9.96. The molecule has 2 rings (SSSR count). The van der Waals surface area contributed by atoms with Crippen LogP contribution in [0.2, 0.25) is 0 Å². The molecule has 0 aliphatic carbocycles. The standard InChI is InChI=1S/C8H16N2OS2/c11-13-4-2-10-6-8(13)7-5-9-1-3-12-7/h7-10H,1-6H2. The minimum absolute atomic E-state index is 0.367. The highest BCUT2D eigenvalue weighted by Crippen LogP contribution is 2.21. The van der Waals surface area contributed by atoms with Crippen molar-refractivity contribution in [3.05, 3.63) is 0 Å². The molecule has 0 radical (unpaired) electrons. The second-order valence-electron chi connectivity index (χ2n) is 3.44. The molecule has 13 heavy (non-hydrogen) atoms. The minimum Gasteiger partial charge on any atom is -0.315 e. The smallest absolute Gasteiger partial charge is 0.0603 e. The zero-order chi connectivity index (χ0) is 9.10. The fourth-order valence-corrected chi connectivity index (χ4v) is 4.89. The molecule has 0 amide bonds. The van der Waals surface area contributed by atoms with Crippen molar-refractivity contribution in [1.29, 1.82) is 0 Å². The maximum atomic E-state index is 11.7. The monoisotopic (exact) mass is 220 g/mol. The van der Waals surface area contributed by atoms with Gasteiger partial charge < -0.3 is 10.6 Å². The van der Waals surface area contributed by atoms with Gasteiger partial charge in [-0.05, 0) is 0 Å². The van der Waals surface area contributed by atoms with Gasteiger partial charge in [0.05, 0.1) is 5.25 Å². The summed E-state index contributed by atoms with van der Waals surface area (Å²) in [6.45, 7) is 4.00. The lowest BCUT2D eigenvalue weighted by molar-refractivity contribution is 0.574. The second kappa shape index (κ2) is 4.77. The summed E-state index contributed by atoms with van der Waals surface area (Å²) in [5.41, 5.74) is 0. The third-order valence-electron chi connectivity index (χ3n) is 2.53. The van der Waals surface area contributed by atoms with Gasteiger partial charge in [-0.3, -0.25) is 4.21 Å². The molecule has 0 aromatic carbocycles. The molecule has 3 atom stereocenters. The molecule has 0 saturated carbocycles. The molecule has 3 unspecified atom stereocenters. The van der Waals surface area contributed by atoms with Crippen LogP contribution in [0.1, 0.15) is 0 Å². The van der Waals surface area contributed by atoms with Gasteiger partial charge in [0.25, 0.3) is 0 Å². The van der Waals surface area contributed by atoms with Crippen LogP contribution in [-0.2, 0) is 10.8 Å². The maximum Gasteiger partial charge on any atom is 0.0603 e. The molecule has 2 heterocycles. The molecule has 2 aliphatic heterocycles. The van der Waals surface area contributed by atoms with Crippen molar-refractivity contribution in [2.75, 3.05) is 37.7 Å². The molecule has 0 aromatic heterocycles. The van der Waals surface area contributed by atoms with Crippen molar-refractivity contribution in [2.24, 2.45) is 0 Å². The molecule has 76 valence electrons. The number of nitrogens with one attached hydrogen (secondary N) is 2. The summed E-state index contributed by atoms with van der Waals surface area (Å²) >= 11 is 1.98. The summed E-state index contributed by atoms with van der Waals surface area (Å²) < 4.78 is 11.7. The molecule has 2 N–H and O–H groups in total. The average Bonchev–Trinajstić information content (AvgIpc) is 2.20. The van der Waals surface area contributed by atoms with E-state index in [1.165, 1.54) is 5.75 Å². The molecule has 0 bridgehead atoms. The third kappa shape index (κ3) is 2.46. The Hall–Kier alpha value is 0.420. The number of hydrogen-bond donors (Lipinski definition) is 2. The van der Waals surface area contributed by atoms with Gasteiger partial charge >= 0.3 is 0 Å². The van der Waals surface area contributed by atoms with E-state index in [1.54, 1.807) is 0 Å². The summed E-state index contributed by atoms with van der Waals surface area (Å²) in [6.07, 6.45) is 0. The number of thioether (sulfide) groups is 1. The van der Waals surface area contributed by atoms with Gasteiger partial charge in [-0.25, -0.2) is 0 Å². The quantitative estimate of drug-likeness (QED) is 0.620. The molecular formula is C8H16N2OS2. The summed E-state index contributed by atoms with van der Waals surface area (Å²) in [5.74, 6) is 2.00. The largest absolute Gasteiger partial charge is 0.315 e. The third-order valence-corrected chi connectivity index (χ3v) is 5.85. The highest BCUT2D eigenvalue weighted by Gasteiger charge is 2.30. The van der Waals surface area contributed by atoms with Crippen molar-refractivity contribution < 1.29 is 4.21 Å². The van der Waals surface area contributed by atoms with Crippen LogP contribution in [0.5, 0.6) is 0 Å². The van der Waals surface area contributed by atoms with Gasteiger partial charge in [0.15, 0.2) is 0 Å². The van der Waals surface area contributed by atoms with E-state index in [0.29, 0.717) is 10.5 Å². The van der Waals surface area contributed by atoms with Gasteiger partial charge in [-0.1, -0.05) is 0 Å². The van der Waals surface area contributed by atoms with E-state index in [4.69, 9.17) is 0 Å². The SMILES string of the molecule is O=S1CCNCC1C1CNCCS1. The van der Waals surface area contributed by atoms with Crippen LogP contribution >= 0.6 is 11.8 Å². The van der Waals surface area contributed by atoms with E-state index >= 15 is 0 Å². The Labute approximate surface area is 85.9 Å². The lowest BCUT2D eigenvalue weighted by Crippen LogP contribution is -2.50. The fourth-order valence-electron chi connectivity index (χ4n) is 1.79. The van der Waals surface area contributed by atoms with E-state index in [0.717, 1.165) is 31.9 Å². The van der Waals surface area contributed by atoms with Gasteiger partial charge in [0, 0.05) is 53.7 Å². The van der Waals surface area contributed by atoms with Crippen LogP contribution in [0, 0.1) is 0 Å². The Morgan fingerprint density at radius 1 is 1.23 bits per heavy atom. The molecule has 2 fully saturated rings. The van der Waals surface area contributed by atoms with Gasteiger partial charge in [-0.2, -0.15) is 11.8 Å².